The van der Waals surface area contributed by atoms with Crippen LogP contribution < -0.4 is 0 Å². The molecule has 24 heavy (non-hydrogen) atoms. The van der Waals surface area contributed by atoms with Gasteiger partial charge in [0.05, 0.1) is 23.5 Å². The molecule has 4 heteroatoms. The number of furan rings is 1. The van der Waals surface area contributed by atoms with Crippen molar-refractivity contribution in [3.8, 4) is 0 Å². The van der Waals surface area contributed by atoms with Crippen molar-refractivity contribution in [3.05, 3.63) is 24.2 Å². The van der Waals surface area contributed by atoms with Crippen LogP contribution in [0.3, 0.4) is 0 Å². The van der Waals surface area contributed by atoms with Gasteiger partial charge in [-0.3, -0.25) is 4.79 Å². The van der Waals surface area contributed by atoms with Gasteiger partial charge in [0, 0.05) is 11.3 Å². The normalized spacial score (nSPS) is 47.3. The molecule has 1 unspecified atom stereocenters. The molecule has 4 nitrogen and oxygen atoms in total. The molecular weight excluding hydrogens is 304 g/mol. The second-order valence-corrected chi connectivity index (χ2v) is 8.80. The van der Waals surface area contributed by atoms with Crippen LogP contribution in [0.1, 0.15) is 58.4 Å². The molecule has 0 bridgehead atoms. The van der Waals surface area contributed by atoms with E-state index >= 15 is 0 Å². The molecule has 1 aromatic rings. The molecule has 0 amide bonds. The summed E-state index contributed by atoms with van der Waals surface area (Å²) in [6, 6.07) is 1.97. The number of aliphatic hydroxyl groups is 1. The van der Waals surface area contributed by atoms with E-state index in [1.54, 1.807) is 12.5 Å². The highest BCUT2D eigenvalue weighted by molar-refractivity contribution is 5.80. The van der Waals surface area contributed by atoms with Gasteiger partial charge in [-0.1, -0.05) is 20.3 Å². The molecule has 0 aromatic carbocycles. The average molecular weight is 332 g/mol. The fourth-order valence-corrected chi connectivity index (χ4v) is 6.30. The standard InChI is InChI=1S/C20H28O4/c1-13-11-15-16-18(2,17(21)24-15)7-4-8-19(16,3)20(13,22)9-5-14-6-10-23-12-14/h6,10,12-13,15-16,22H,4-5,7-9,11H2,1-3H3/t13-,15-,16?,18+,19+,20-/m1/s1. The second kappa shape index (κ2) is 5.10. The van der Waals surface area contributed by atoms with Crippen molar-refractivity contribution in [2.24, 2.45) is 22.7 Å². The first kappa shape index (κ1) is 16.2. The summed E-state index contributed by atoms with van der Waals surface area (Å²) in [6.45, 7) is 6.38. The predicted octanol–water partition coefficient (Wildman–Crippen LogP) is 3.72. The Hall–Kier alpha value is -1.29. The zero-order chi connectivity index (χ0) is 17.2. The molecular formula is C20H28O4. The quantitative estimate of drug-likeness (QED) is 0.857. The maximum Gasteiger partial charge on any atom is 0.312 e. The lowest BCUT2D eigenvalue weighted by Crippen LogP contribution is -2.65. The summed E-state index contributed by atoms with van der Waals surface area (Å²) >= 11 is 0. The van der Waals surface area contributed by atoms with E-state index in [0.29, 0.717) is 6.42 Å². The minimum Gasteiger partial charge on any atom is -0.472 e. The van der Waals surface area contributed by atoms with E-state index in [2.05, 4.69) is 20.8 Å². The lowest BCUT2D eigenvalue weighted by molar-refractivity contribution is -0.217. The van der Waals surface area contributed by atoms with Gasteiger partial charge in [0.15, 0.2) is 0 Å². The Kier molecular flexibility index (Phi) is 3.44. The summed E-state index contributed by atoms with van der Waals surface area (Å²) in [5.41, 5.74) is -0.362. The van der Waals surface area contributed by atoms with Gasteiger partial charge in [-0.25, -0.2) is 0 Å². The summed E-state index contributed by atoms with van der Waals surface area (Å²) in [5, 5.41) is 11.9. The maximum absolute atomic E-state index is 12.6. The largest absolute Gasteiger partial charge is 0.472 e. The zero-order valence-electron chi connectivity index (χ0n) is 14.9. The number of carbonyl (C=O) groups excluding carboxylic acids is 1. The van der Waals surface area contributed by atoms with E-state index < -0.39 is 11.0 Å². The number of esters is 1. The Labute approximate surface area is 143 Å². The van der Waals surface area contributed by atoms with Gasteiger partial charge in [0.25, 0.3) is 0 Å². The molecule has 0 radical (unpaired) electrons. The van der Waals surface area contributed by atoms with Crippen molar-refractivity contribution in [1.82, 2.24) is 0 Å². The molecule has 2 saturated carbocycles. The Bertz CT molecular complexity index is 638. The summed E-state index contributed by atoms with van der Waals surface area (Å²) in [6.07, 6.45) is 8.51. The van der Waals surface area contributed by atoms with Gasteiger partial charge in [-0.2, -0.15) is 0 Å². The van der Waals surface area contributed by atoms with Gasteiger partial charge in [-0.05, 0) is 56.6 Å². The van der Waals surface area contributed by atoms with Crippen LogP contribution in [0.25, 0.3) is 0 Å². The summed E-state index contributed by atoms with van der Waals surface area (Å²) in [7, 11) is 0. The Morgan fingerprint density at radius 1 is 1.33 bits per heavy atom. The molecule has 2 aliphatic carbocycles. The number of aryl methyl sites for hydroxylation is 1. The van der Waals surface area contributed by atoms with Crippen LogP contribution >= 0.6 is 0 Å². The second-order valence-electron chi connectivity index (χ2n) is 8.80. The predicted molar refractivity (Wildman–Crippen MR) is 89.2 cm³/mol. The Balaban J connectivity index is 1.70. The van der Waals surface area contributed by atoms with Gasteiger partial charge in [0.1, 0.15) is 6.10 Å². The molecule has 1 aliphatic heterocycles. The monoisotopic (exact) mass is 332 g/mol. The molecule has 2 heterocycles. The molecule has 1 saturated heterocycles. The van der Waals surface area contributed by atoms with Gasteiger partial charge in [-0.15, -0.1) is 0 Å². The lowest BCUT2D eigenvalue weighted by atomic mass is 9.44. The molecule has 132 valence electrons. The Morgan fingerprint density at radius 2 is 2.12 bits per heavy atom. The summed E-state index contributed by atoms with van der Waals surface area (Å²) < 4.78 is 11.0. The third kappa shape index (κ3) is 1.92. The minimum absolute atomic E-state index is 0.0306. The van der Waals surface area contributed by atoms with Crippen LogP contribution in [-0.4, -0.2) is 22.8 Å². The van der Waals surface area contributed by atoms with Gasteiger partial charge >= 0.3 is 5.97 Å². The first-order chi connectivity index (χ1) is 11.3. The number of carbonyl (C=O) groups is 1. The van der Waals surface area contributed by atoms with Crippen molar-refractivity contribution in [3.63, 3.8) is 0 Å². The molecule has 4 rings (SSSR count). The van der Waals surface area contributed by atoms with Crippen molar-refractivity contribution in [2.75, 3.05) is 0 Å². The van der Waals surface area contributed by atoms with Crippen LogP contribution in [0.2, 0.25) is 0 Å². The third-order valence-corrected chi connectivity index (χ3v) is 7.63. The molecule has 3 fully saturated rings. The fourth-order valence-electron chi connectivity index (χ4n) is 6.30. The van der Waals surface area contributed by atoms with E-state index in [9.17, 15) is 9.90 Å². The topological polar surface area (TPSA) is 59.7 Å². The van der Waals surface area contributed by atoms with Gasteiger partial charge < -0.3 is 14.3 Å². The van der Waals surface area contributed by atoms with E-state index in [1.807, 2.05) is 6.07 Å². The third-order valence-electron chi connectivity index (χ3n) is 7.63. The van der Waals surface area contributed by atoms with Gasteiger partial charge in [0.2, 0.25) is 0 Å². The highest BCUT2D eigenvalue weighted by atomic mass is 16.6. The van der Waals surface area contributed by atoms with Crippen LogP contribution in [-0.2, 0) is 16.0 Å². The van der Waals surface area contributed by atoms with Crippen molar-refractivity contribution >= 4 is 5.97 Å². The Morgan fingerprint density at radius 3 is 2.83 bits per heavy atom. The highest BCUT2D eigenvalue weighted by Gasteiger charge is 2.70. The number of rotatable bonds is 3. The van der Waals surface area contributed by atoms with E-state index in [1.165, 1.54) is 0 Å². The molecule has 3 aliphatic rings. The zero-order valence-corrected chi connectivity index (χ0v) is 14.9. The fraction of sp³-hybridized carbons (Fsp3) is 0.750. The molecule has 1 aromatic heterocycles. The highest BCUT2D eigenvalue weighted by Crippen LogP contribution is 2.67. The molecule has 6 atom stereocenters. The van der Waals surface area contributed by atoms with Crippen molar-refractivity contribution in [2.45, 2.75) is 71.0 Å². The number of hydrogen-bond donors (Lipinski definition) is 1. The SMILES string of the molecule is C[C@@H]1C[C@H]2OC(=O)[C@@]3(C)CCC[C@@](C)(C23)[C@@]1(O)CCc1ccoc1. The van der Waals surface area contributed by atoms with Crippen molar-refractivity contribution in [1.29, 1.82) is 0 Å². The maximum atomic E-state index is 12.6. The van der Waals surface area contributed by atoms with E-state index in [0.717, 1.165) is 37.7 Å². The smallest absolute Gasteiger partial charge is 0.312 e. The van der Waals surface area contributed by atoms with Crippen LogP contribution in [0.4, 0.5) is 0 Å². The van der Waals surface area contributed by atoms with Crippen LogP contribution in [0.15, 0.2) is 23.0 Å². The van der Waals surface area contributed by atoms with E-state index in [-0.39, 0.29) is 29.3 Å². The lowest BCUT2D eigenvalue weighted by Gasteiger charge is -2.61. The minimum atomic E-state index is -0.777. The first-order valence-corrected chi connectivity index (χ1v) is 9.26. The molecule has 1 N–H and O–H groups in total. The summed E-state index contributed by atoms with van der Waals surface area (Å²) in [4.78, 5) is 12.6. The van der Waals surface area contributed by atoms with E-state index in [4.69, 9.17) is 9.15 Å². The van der Waals surface area contributed by atoms with Crippen LogP contribution in [0, 0.1) is 22.7 Å². The average Bonchev–Trinajstić information content (AvgIpc) is 3.12. The van der Waals surface area contributed by atoms with Crippen LogP contribution in [0.5, 0.6) is 0 Å². The number of ether oxygens (including phenoxy) is 1. The molecule has 0 spiro atoms. The number of hydrogen-bond acceptors (Lipinski definition) is 4. The first-order valence-electron chi connectivity index (χ1n) is 9.26. The van der Waals surface area contributed by atoms with Crippen molar-refractivity contribution < 1.29 is 19.1 Å². The summed E-state index contributed by atoms with van der Waals surface area (Å²) in [5.74, 6) is 0.190.